The predicted octanol–water partition coefficient (Wildman–Crippen LogP) is 5.59. The minimum atomic E-state index is -2.95. The summed E-state index contributed by atoms with van der Waals surface area (Å²) in [5.41, 5.74) is 2.70. The molecule has 2 heterocycles. The number of para-hydroxylation sites is 1. The van der Waals surface area contributed by atoms with E-state index in [0.29, 0.717) is 29.4 Å². The topological polar surface area (TPSA) is 42.4 Å². The number of benzene rings is 2. The molecule has 0 atom stereocenters. The number of hydrogen-bond donors (Lipinski definition) is 0. The highest BCUT2D eigenvalue weighted by atomic mass is 35.5. The third-order valence-corrected chi connectivity index (χ3v) is 5.94. The van der Waals surface area contributed by atoms with Gasteiger partial charge in [0.25, 0.3) is 0 Å². The zero-order valence-corrected chi connectivity index (χ0v) is 16.9. The molecule has 29 heavy (non-hydrogen) atoms. The Morgan fingerprint density at radius 1 is 1.24 bits per heavy atom. The van der Waals surface area contributed by atoms with Gasteiger partial charge < -0.3 is 9.64 Å². The summed E-state index contributed by atoms with van der Waals surface area (Å²) in [7, 11) is 0. The Morgan fingerprint density at radius 3 is 2.86 bits per heavy atom. The maximum Gasteiger partial charge on any atom is 0.387 e. The predicted molar refractivity (Wildman–Crippen MR) is 110 cm³/mol. The Balaban J connectivity index is 1.57. The minimum Gasteiger partial charge on any atom is -0.433 e. The normalized spacial score (nSPS) is 13.4. The van der Waals surface area contributed by atoms with Crippen molar-refractivity contribution in [1.82, 2.24) is 4.98 Å². The number of aromatic nitrogens is 1. The Bertz CT molecular complexity index is 1040. The number of ether oxygens (including phenoxy) is 1. The quantitative estimate of drug-likeness (QED) is 0.526. The number of anilines is 1. The number of fused-ring (bicyclic) bond motifs is 1. The molecular formula is C21H17ClF2N2O2S. The standard InChI is InChI=1S/C21H17ClF2N2O2S/c22-16-8-2-1-7-15(16)20-25-14(12-29-20)11-18(27)26-10-4-6-13-5-3-9-17(19(13)26)28-21(23)24/h1-3,5,7-9,12,21H,4,6,10-11H2. The van der Waals surface area contributed by atoms with Gasteiger partial charge in [-0.1, -0.05) is 41.9 Å². The molecule has 0 fully saturated rings. The fourth-order valence-corrected chi connectivity index (χ4v) is 4.59. The molecule has 2 aromatic carbocycles. The van der Waals surface area contributed by atoms with E-state index >= 15 is 0 Å². The zero-order chi connectivity index (χ0) is 20.4. The molecular weight excluding hydrogens is 418 g/mol. The summed E-state index contributed by atoms with van der Waals surface area (Å²) >= 11 is 7.64. The van der Waals surface area contributed by atoms with Crippen LogP contribution in [0.3, 0.4) is 0 Å². The van der Waals surface area contributed by atoms with Gasteiger partial charge in [-0.15, -0.1) is 11.3 Å². The fourth-order valence-electron chi connectivity index (χ4n) is 3.45. The molecule has 0 bridgehead atoms. The van der Waals surface area contributed by atoms with Crippen molar-refractivity contribution in [2.45, 2.75) is 25.9 Å². The van der Waals surface area contributed by atoms with Crippen LogP contribution in [0.25, 0.3) is 10.6 Å². The molecule has 1 aliphatic heterocycles. The first kappa shape index (κ1) is 19.8. The highest BCUT2D eigenvalue weighted by Crippen LogP contribution is 2.38. The van der Waals surface area contributed by atoms with Crippen molar-refractivity contribution in [3.63, 3.8) is 0 Å². The first-order valence-corrected chi connectivity index (χ1v) is 10.3. The van der Waals surface area contributed by atoms with Crippen molar-refractivity contribution in [2.24, 2.45) is 0 Å². The van der Waals surface area contributed by atoms with Gasteiger partial charge in [-0.25, -0.2) is 4.98 Å². The van der Waals surface area contributed by atoms with Crippen LogP contribution in [0.4, 0.5) is 14.5 Å². The van der Waals surface area contributed by atoms with E-state index in [1.807, 2.05) is 29.6 Å². The molecule has 0 saturated carbocycles. The molecule has 150 valence electrons. The van der Waals surface area contributed by atoms with Crippen LogP contribution in [0.15, 0.2) is 47.8 Å². The van der Waals surface area contributed by atoms with E-state index < -0.39 is 6.61 Å². The second kappa shape index (κ2) is 8.47. The molecule has 0 saturated heterocycles. The second-order valence-corrected chi connectivity index (χ2v) is 7.86. The third-order valence-electron chi connectivity index (χ3n) is 4.69. The van der Waals surface area contributed by atoms with Crippen LogP contribution in [0, 0.1) is 0 Å². The van der Waals surface area contributed by atoms with Gasteiger partial charge in [0.2, 0.25) is 5.91 Å². The number of carbonyl (C=O) groups is 1. The highest BCUT2D eigenvalue weighted by molar-refractivity contribution is 7.13. The summed E-state index contributed by atoms with van der Waals surface area (Å²) in [6.07, 6.45) is 1.55. The summed E-state index contributed by atoms with van der Waals surface area (Å²) in [5, 5.41) is 3.15. The number of amides is 1. The molecule has 8 heteroatoms. The van der Waals surface area contributed by atoms with Crippen molar-refractivity contribution < 1.29 is 18.3 Å². The SMILES string of the molecule is O=C(Cc1csc(-c2ccccc2Cl)n1)N1CCCc2cccc(OC(F)F)c21. The van der Waals surface area contributed by atoms with Crippen LogP contribution < -0.4 is 9.64 Å². The lowest BCUT2D eigenvalue weighted by Crippen LogP contribution is -2.37. The Kier molecular flexibility index (Phi) is 5.78. The van der Waals surface area contributed by atoms with Crippen LogP contribution in [-0.2, 0) is 17.6 Å². The van der Waals surface area contributed by atoms with Gasteiger partial charge in [0.1, 0.15) is 10.8 Å². The second-order valence-electron chi connectivity index (χ2n) is 6.59. The van der Waals surface area contributed by atoms with Gasteiger partial charge in [-0.05, 0) is 30.5 Å². The van der Waals surface area contributed by atoms with Crippen molar-refractivity contribution in [3.8, 4) is 16.3 Å². The summed E-state index contributed by atoms with van der Waals surface area (Å²) in [5.74, 6) is -0.173. The van der Waals surface area contributed by atoms with Crippen molar-refractivity contribution in [2.75, 3.05) is 11.4 Å². The summed E-state index contributed by atoms with van der Waals surface area (Å²) < 4.78 is 30.3. The first-order valence-electron chi connectivity index (χ1n) is 9.09. The largest absolute Gasteiger partial charge is 0.433 e. The van der Waals surface area contributed by atoms with Gasteiger partial charge in [0.05, 0.1) is 22.8 Å². The Labute approximate surface area is 175 Å². The molecule has 0 N–H and O–H groups in total. The molecule has 0 aliphatic carbocycles. The summed E-state index contributed by atoms with van der Waals surface area (Å²) in [4.78, 5) is 19.1. The number of halogens is 3. The number of thiazole rings is 1. The van der Waals surface area contributed by atoms with E-state index in [0.717, 1.165) is 22.6 Å². The average molecular weight is 435 g/mol. The molecule has 0 spiro atoms. The van der Waals surface area contributed by atoms with E-state index in [1.165, 1.54) is 22.3 Å². The maximum absolute atomic E-state index is 13.0. The molecule has 0 unspecified atom stereocenters. The number of carbonyl (C=O) groups excluding carboxylic acids is 1. The average Bonchev–Trinajstić information content (AvgIpc) is 3.16. The van der Waals surface area contributed by atoms with Gasteiger partial charge in [0, 0.05) is 17.5 Å². The van der Waals surface area contributed by atoms with Gasteiger partial charge in [-0.2, -0.15) is 8.78 Å². The molecule has 4 rings (SSSR count). The number of rotatable bonds is 5. The number of nitrogens with zero attached hydrogens (tertiary/aromatic N) is 2. The van der Waals surface area contributed by atoms with E-state index in [9.17, 15) is 13.6 Å². The lowest BCUT2D eigenvalue weighted by molar-refractivity contribution is -0.118. The Morgan fingerprint density at radius 2 is 2.07 bits per heavy atom. The van der Waals surface area contributed by atoms with E-state index in [1.54, 1.807) is 12.1 Å². The molecule has 3 aromatic rings. The van der Waals surface area contributed by atoms with Crippen molar-refractivity contribution in [3.05, 3.63) is 64.1 Å². The zero-order valence-electron chi connectivity index (χ0n) is 15.3. The fraction of sp³-hybridized carbons (Fsp3) is 0.238. The van der Waals surface area contributed by atoms with Crippen LogP contribution >= 0.6 is 22.9 Å². The van der Waals surface area contributed by atoms with Crippen LogP contribution in [0.1, 0.15) is 17.7 Å². The Hall–Kier alpha value is -2.51. The maximum atomic E-state index is 13.0. The summed E-state index contributed by atoms with van der Waals surface area (Å²) in [6, 6.07) is 12.4. The van der Waals surface area contributed by atoms with Gasteiger partial charge in [0.15, 0.2) is 0 Å². The number of hydrogen-bond acceptors (Lipinski definition) is 4. The van der Waals surface area contributed by atoms with E-state index in [2.05, 4.69) is 9.72 Å². The molecule has 1 aromatic heterocycles. The molecule has 4 nitrogen and oxygen atoms in total. The minimum absolute atomic E-state index is 0.0283. The van der Waals surface area contributed by atoms with Gasteiger partial charge >= 0.3 is 6.61 Å². The van der Waals surface area contributed by atoms with Crippen LogP contribution in [0.5, 0.6) is 5.75 Å². The van der Waals surface area contributed by atoms with Crippen LogP contribution in [0.2, 0.25) is 5.02 Å². The van der Waals surface area contributed by atoms with E-state index in [-0.39, 0.29) is 18.1 Å². The van der Waals surface area contributed by atoms with Gasteiger partial charge in [-0.3, -0.25) is 4.79 Å². The summed E-state index contributed by atoms with van der Waals surface area (Å²) in [6.45, 7) is -2.49. The first-order chi connectivity index (χ1) is 14.0. The highest BCUT2D eigenvalue weighted by Gasteiger charge is 2.27. The van der Waals surface area contributed by atoms with Crippen molar-refractivity contribution in [1.29, 1.82) is 0 Å². The lowest BCUT2D eigenvalue weighted by Gasteiger charge is -2.31. The third kappa shape index (κ3) is 4.26. The molecule has 1 amide bonds. The molecule has 1 aliphatic rings. The number of aryl methyl sites for hydroxylation is 1. The smallest absolute Gasteiger partial charge is 0.387 e. The number of alkyl halides is 2. The van der Waals surface area contributed by atoms with Crippen molar-refractivity contribution >= 4 is 34.5 Å². The lowest BCUT2D eigenvalue weighted by atomic mass is 10.0. The van der Waals surface area contributed by atoms with E-state index in [4.69, 9.17) is 11.6 Å². The monoisotopic (exact) mass is 434 g/mol. The molecule has 0 radical (unpaired) electrons. The van der Waals surface area contributed by atoms with Crippen LogP contribution in [-0.4, -0.2) is 24.0 Å².